The topological polar surface area (TPSA) is 51.5 Å². The van der Waals surface area contributed by atoms with E-state index in [1.807, 2.05) is 37.3 Å². The summed E-state index contributed by atoms with van der Waals surface area (Å²) in [6.45, 7) is 2.24. The van der Waals surface area contributed by atoms with Crippen molar-refractivity contribution in [3.63, 3.8) is 0 Å². The Hall–Kier alpha value is -2.07. The number of para-hydroxylation sites is 1. The summed E-state index contributed by atoms with van der Waals surface area (Å²) in [5.74, 6) is 0.747. The molecule has 0 aliphatic heterocycles. The number of hydrogen-bond acceptors (Lipinski definition) is 3. The van der Waals surface area contributed by atoms with Crippen LogP contribution in [0.4, 0.5) is 0 Å². The molecule has 0 bridgehead atoms. The van der Waals surface area contributed by atoms with Crippen LogP contribution in [0.2, 0.25) is 0 Å². The zero-order valence-electron chi connectivity index (χ0n) is 11.1. The van der Waals surface area contributed by atoms with Gasteiger partial charge in [-0.25, -0.2) is 0 Å². The van der Waals surface area contributed by atoms with Crippen LogP contribution in [0.15, 0.2) is 41.2 Å². The average Bonchev–Trinajstić information content (AvgIpc) is 2.43. The molecular weight excluding hydrogens is 242 g/mol. The number of aromatic nitrogens is 1. The minimum atomic E-state index is -0.250. The van der Waals surface area contributed by atoms with Crippen molar-refractivity contribution in [2.24, 2.45) is 7.05 Å². The minimum absolute atomic E-state index is 0.189. The molecule has 1 heterocycles. The number of ether oxygens (including phenoxy) is 1. The van der Waals surface area contributed by atoms with Gasteiger partial charge in [-0.05, 0) is 31.2 Å². The molecule has 0 amide bonds. The second kappa shape index (κ2) is 5.71. The predicted octanol–water partition coefficient (Wildman–Crippen LogP) is 1.94. The van der Waals surface area contributed by atoms with E-state index in [2.05, 4.69) is 0 Å². The quantitative estimate of drug-likeness (QED) is 0.913. The second-order valence-corrected chi connectivity index (χ2v) is 4.20. The normalized spacial score (nSPS) is 10.5. The Morgan fingerprint density at radius 1 is 1.21 bits per heavy atom. The third-order valence-corrected chi connectivity index (χ3v) is 3.02. The van der Waals surface area contributed by atoms with E-state index in [9.17, 15) is 4.79 Å². The maximum atomic E-state index is 12.0. The first-order chi connectivity index (χ1) is 9.19. The highest BCUT2D eigenvalue weighted by Gasteiger charge is 2.11. The fourth-order valence-corrected chi connectivity index (χ4v) is 2.04. The van der Waals surface area contributed by atoms with Crippen molar-refractivity contribution >= 4 is 0 Å². The highest BCUT2D eigenvalue weighted by molar-refractivity contribution is 5.67. The summed E-state index contributed by atoms with van der Waals surface area (Å²) in [4.78, 5) is 12.0. The first-order valence-electron chi connectivity index (χ1n) is 6.21. The molecule has 2 rings (SSSR count). The van der Waals surface area contributed by atoms with Gasteiger partial charge in [0.05, 0.1) is 18.9 Å². The Labute approximate surface area is 111 Å². The van der Waals surface area contributed by atoms with Gasteiger partial charge in [0.15, 0.2) is 0 Å². The number of pyridine rings is 1. The van der Waals surface area contributed by atoms with Crippen LogP contribution in [0, 0.1) is 0 Å². The predicted molar refractivity (Wildman–Crippen MR) is 74.2 cm³/mol. The largest absolute Gasteiger partial charge is 0.493 e. The van der Waals surface area contributed by atoms with Crippen molar-refractivity contribution in [1.82, 2.24) is 4.57 Å². The van der Waals surface area contributed by atoms with Crippen molar-refractivity contribution in [2.75, 3.05) is 6.61 Å². The molecule has 0 saturated heterocycles. The van der Waals surface area contributed by atoms with Crippen LogP contribution in [0.1, 0.15) is 12.5 Å². The van der Waals surface area contributed by atoms with Gasteiger partial charge in [-0.3, -0.25) is 4.79 Å². The van der Waals surface area contributed by atoms with E-state index in [-0.39, 0.29) is 12.2 Å². The van der Waals surface area contributed by atoms with Gasteiger partial charge < -0.3 is 14.4 Å². The van der Waals surface area contributed by atoms with Gasteiger partial charge in [-0.2, -0.15) is 0 Å². The van der Waals surface area contributed by atoms with Gasteiger partial charge in [0, 0.05) is 18.2 Å². The average molecular weight is 259 g/mol. The highest BCUT2D eigenvalue weighted by Crippen LogP contribution is 2.28. The fourth-order valence-electron chi connectivity index (χ4n) is 2.04. The summed E-state index contributed by atoms with van der Waals surface area (Å²) in [5, 5.41) is 9.11. The zero-order valence-corrected chi connectivity index (χ0v) is 11.1. The van der Waals surface area contributed by atoms with Crippen LogP contribution in [0.25, 0.3) is 11.3 Å². The monoisotopic (exact) mass is 259 g/mol. The fraction of sp³-hybridized carbons (Fsp3) is 0.267. The third kappa shape index (κ3) is 2.53. The van der Waals surface area contributed by atoms with Crippen LogP contribution < -0.4 is 10.3 Å². The summed E-state index contributed by atoms with van der Waals surface area (Å²) >= 11 is 0. The third-order valence-electron chi connectivity index (χ3n) is 3.02. The molecule has 1 N–H and O–H groups in total. The summed E-state index contributed by atoms with van der Waals surface area (Å²) in [7, 11) is 1.69. The summed E-state index contributed by atoms with van der Waals surface area (Å²) in [6.07, 6.45) is 0. The first-order valence-corrected chi connectivity index (χ1v) is 6.21. The molecule has 1 aromatic heterocycles. The lowest BCUT2D eigenvalue weighted by Crippen LogP contribution is -2.22. The number of hydrogen-bond donors (Lipinski definition) is 1. The SMILES string of the molecule is CCOc1ccccc1-c1ccc(CO)c(=O)n1C. The number of aliphatic hydroxyl groups excluding tert-OH is 1. The van der Waals surface area contributed by atoms with Gasteiger partial charge in [0.1, 0.15) is 5.75 Å². The van der Waals surface area contributed by atoms with E-state index in [1.165, 1.54) is 4.57 Å². The van der Waals surface area contributed by atoms with Crippen molar-refractivity contribution in [3.8, 4) is 17.0 Å². The smallest absolute Gasteiger partial charge is 0.256 e. The van der Waals surface area contributed by atoms with Crippen LogP contribution in [-0.2, 0) is 13.7 Å². The zero-order chi connectivity index (χ0) is 13.8. The molecule has 0 unspecified atom stereocenters. The van der Waals surface area contributed by atoms with Gasteiger partial charge in [0.2, 0.25) is 0 Å². The molecule has 2 aromatic rings. The Bertz CT molecular complexity index is 632. The Morgan fingerprint density at radius 3 is 2.63 bits per heavy atom. The molecule has 100 valence electrons. The summed E-state index contributed by atoms with van der Waals surface area (Å²) in [5.41, 5.74) is 1.84. The lowest BCUT2D eigenvalue weighted by molar-refractivity contribution is 0.279. The van der Waals surface area contributed by atoms with Gasteiger partial charge in [0.25, 0.3) is 5.56 Å². The Morgan fingerprint density at radius 2 is 1.95 bits per heavy atom. The molecule has 4 heteroatoms. The highest BCUT2D eigenvalue weighted by atomic mass is 16.5. The standard InChI is InChI=1S/C15H17NO3/c1-3-19-14-7-5-4-6-12(14)13-9-8-11(10-17)15(18)16(13)2/h4-9,17H,3,10H2,1-2H3. The lowest BCUT2D eigenvalue weighted by Gasteiger charge is -2.13. The Balaban J connectivity index is 2.60. The molecular formula is C15H17NO3. The van der Waals surface area contributed by atoms with Crippen LogP contribution in [0.5, 0.6) is 5.75 Å². The number of rotatable bonds is 4. The molecule has 0 atom stereocenters. The number of aliphatic hydroxyl groups is 1. The van der Waals surface area contributed by atoms with Crippen molar-refractivity contribution in [2.45, 2.75) is 13.5 Å². The van der Waals surface area contributed by atoms with E-state index in [4.69, 9.17) is 9.84 Å². The van der Waals surface area contributed by atoms with Crippen molar-refractivity contribution in [3.05, 3.63) is 52.3 Å². The van der Waals surface area contributed by atoms with Crippen LogP contribution in [-0.4, -0.2) is 16.3 Å². The van der Waals surface area contributed by atoms with Crippen molar-refractivity contribution in [1.29, 1.82) is 0 Å². The summed E-state index contributed by atoms with van der Waals surface area (Å²) in [6, 6.07) is 11.1. The molecule has 1 aromatic carbocycles. The Kier molecular flexibility index (Phi) is 4.02. The van der Waals surface area contributed by atoms with E-state index >= 15 is 0 Å². The molecule has 0 fully saturated rings. The molecule has 0 spiro atoms. The molecule has 0 radical (unpaired) electrons. The van der Waals surface area contributed by atoms with E-state index in [0.29, 0.717) is 12.2 Å². The molecule has 19 heavy (non-hydrogen) atoms. The molecule has 0 aliphatic carbocycles. The number of nitrogens with zero attached hydrogens (tertiary/aromatic N) is 1. The van der Waals surface area contributed by atoms with E-state index < -0.39 is 0 Å². The van der Waals surface area contributed by atoms with Gasteiger partial charge in [-0.15, -0.1) is 0 Å². The first kappa shape index (κ1) is 13.4. The maximum Gasteiger partial charge on any atom is 0.256 e. The van der Waals surface area contributed by atoms with E-state index in [0.717, 1.165) is 17.0 Å². The number of benzene rings is 1. The molecule has 0 saturated carbocycles. The lowest BCUT2D eigenvalue weighted by atomic mass is 10.1. The maximum absolute atomic E-state index is 12.0. The van der Waals surface area contributed by atoms with Crippen molar-refractivity contribution < 1.29 is 9.84 Å². The summed E-state index contributed by atoms with van der Waals surface area (Å²) < 4.78 is 7.11. The van der Waals surface area contributed by atoms with Crippen LogP contribution in [0.3, 0.4) is 0 Å². The van der Waals surface area contributed by atoms with Crippen LogP contribution >= 0.6 is 0 Å². The van der Waals surface area contributed by atoms with Gasteiger partial charge in [-0.1, -0.05) is 12.1 Å². The molecule has 0 aliphatic rings. The van der Waals surface area contributed by atoms with E-state index in [1.54, 1.807) is 13.1 Å². The molecule has 4 nitrogen and oxygen atoms in total. The minimum Gasteiger partial charge on any atom is -0.493 e. The van der Waals surface area contributed by atoms with Gasteiger partial charge >= 0.3 is 0 Å². The second-order valence-electron chi connectivity index (χ2n) is 4.20.